The molecule has 0 spiro atoms. The van der Waals surface area contributed by atoms with E-state index >= 15 is 0 Å². The molecule has 0 bridgehead atoms. The van der Waals surface area contributed by atoms with Crippen LogP contribution in [0.2, 0.25) is 0 Å². The van der Waals surface area contributed by atoms with Crippen molar-refractivity contribution in [3.05, 3.63) is 23.8 Å². The number of hydrogen-bond donors (Lipinski definition) is 1. The fourth-order valence-electron chi connectivity index (χ4n) is 6.04. The molecule has 1 rings (SSSR count). The van der Waals surface area contributed by atoms with Crippen LogP contribution in [-0.4, -0.2) is 18.3 Å². The van der Waals surface area contributed by atoms with Crippen molar-refractivity contribution in [2.45, 2.75) is 207 Å². The Bertz CT molecular complexity index is 688. The molecule has 0 atom stereocenters. The lowest BCUT2D eigenvalue weighted by atomic mass is 10.0. The van der Waals surface area contributed by atoms with Gasteiger partial charge in [0.15, 0.2) is 0 Å². The Labute approximate surface area is 269 Å². The van der Waals surface area contributed by atoms with Gasteiger partial charge in [0.25, 0.3) is 0 Å². The van der Waals surface area contributed by atoms with Gasteiger partial charge in [0.05, 0.1) is 19.8 Å². The number of ether oxygens (including phenoxy) is 2. The summed E-state index contributed by atoms with van der Waals surface area (Å²) in [5, 5.41) is 9.69. The van der Waals surface area contributed by atoms with E-state index in [4.69, 9.17) is 9.47 Å². The van der Waals surface area contributed by atoms with Crippen LogP contribution in [0.15, 0.2) is 18.2 Å². The lowest BCUT2D eigenvalue weighted by molar-refractivity contribution is 0.271. The van der Waals surface area contributed by atoms with E-state index in [1.165, 1.54) is 173 Å². The zero-order valence-corrected chi connectivity index (χ0v) is 29.1. The van der Waals surface area contributed by atoms with Crippen LogP contribution >= 0.6 is 0 Å². The first-order chi connectivity index (χ1) is 21.3. The fourth-order valence-corrected chi connectivity index (χ4v) is 6.04. The van der Waals surface area contributed by atoms with Crippen molar-refractivity contribution in [2.24, 2.45) is 0 Å². The van der Waals surface area contributed by atoms with Crippen molar-refractivity contribution in [1.29, 1.82) is 0 Å². The number of hydrogen-bond acceptors (Lipinski definition) is 3. The zero-order chi connectivity index (χ0) is 30.9. The highest BCUT2D eigenvalue weighted by Gasteiger charge is 2.04. The lowest BCUT2D eigenvalue weighted by Gasteiger charge is -2.12. The van der Waals surface area contributed by atoms with Crippen LogP contribution in [0, 0.1) is 0 Å². The zero-order valence-electron chi connectivity index (χ0n) is 29.1. The largest absolute Gasteiger partial charge is 0.493 e. The molecule has 3 heteroatoms. The van der Waals surface area contributed by atoms with Crippen molar-refractivity contribution < 1.29 is 14.6 Å². The second-order valence-electron chi connectivity index (χ2n) is 13.2. The van der Waals surface area contributed by atoms with Gasteiger partial charge in [-0.25, -0.2) is 0 Å². The maximum atomic E-state index is 9.69. The normalized spacial score (nSPS) is 11.3. The minimum atomic E-state index is 0.0192. The summed E-state index contributed by atoms with van der Waals surface area (Å²) < 4.78 is 12.1. The second kappa shape index (κ2) is 32.2. The van der Waals surface area contributed by atoms with Gasteiger partial charge in [-0.2, -0.15) is 0 Å². The number of aliphatic hydroxyl groups is 1. The summed E-state index contributed by atoms with van der Waals surface area (Å²) in [6.07, 6.45) is 39.7. The maximum absolute atomic E-state index is 9.69. The molecule has 1 N–H and O–H groups in total. The molecule has 43 heavy (non-hydrogen) atoms. The van der Waals surface area contributed by atoms with E-state index in [0.29, 0.717) is 0 Å². The first-order valence-corrected chi connectivity index (χ1v) is 19.3. The van der Waals surface area contributed by atoms with Gasteiger partial charge in [-0.1, -0.05) is 187 Å². The van der Waals surface area contributed by atoms with Crippen molar-refractivity contribution in [2.75, 3.05) is 13.2 Å². The monoisotopic (exact) mass is 603 g/mol. The molecule has 0 heterocycles. The summed E-state index contributed by atoms with van der Waals surface area (Å²) in [5.74, 6) is 1.65. The molecule has 0 aliphatic rings. The average Bonchev–Trinajstić information content (AvgIpc) is 3.02. The Morgan fingerprint density at radius 1 is 0.372 bits per heavy atom. The molecule has 0 saturated heterocycles. The molecule has 252 valence electrons. The van der Waals surface area contributed by atoms with Crippen LogP contribution in [0.5, 0.6) is 11.5 Å². The molecule has 0 aliphatic heterocycles. The third-order valence-corrected chi connectivity index (χ3v) is 8.91. The smallest absolute Gasteiger partial charge is 0.123 e. The van der Waals surface area contributed by atoms with E-state index < -0.39 is 0 Å². The van der Waals surface area contributed by atoms with Crippen molar-refractivity contribution in [3.63, 3.8) is 0 Å². The third kappa shape index (κ3) is 26.9. The van der Waals surface area contributed by atoms with E-state index in [1.807, 2.05) is 18.2 Å². The van der Waals surface area contributed by atoms with E-state index in [9.17, 15) is 5.11 Å². The highest BCUT2D eigenvalue weighted by molar-refractivity contribution is 5.38. The van der Waals surface area contributed by atoms with Gasteiger partial charge in [-0.05, 0) is 30.5 Å². The standard InChI is InChI=1S/C40H74O3/c1-3-5-7-9-11-13-15-17-18-19-21-23-25-27-29-31-33-43-40-35-38(37-41)34-39(36-40)42-32-30-28-26-24-22-20-16-14-12-10-8-6-4-2/h34-36,41H,3-33,37H2,1-2H3. The maximum Gasteiger partial charge on any atom is 0.123 e. The predicted molar refractivity (Wildman–Crippen MR) is 189 cm³/mol. The molecule has 3 nitrogen and oxygen atoms in total. The van der Waals surface area contributed by atoms with Crippen LogP contribution in [0.25, 0.3) is 0 Å². The van der Waals surface area contributed by atoms with Crippen molar-refractivity contribution in [3.8, 4) is 11.5 Å². The number of benzene rings is 1. The van der Waals surface area contributed by atoms with Gasteiger partial charge in [0, 0.05) is 6.07 Å². The van der Waals surface area contributed by atoms with Gasteiger partial charge in [-0.3, -0.25) is 0 Å². The third-order valence-electron chi connectivity index (χ3n) is 8.91. The van der Waals surface area contributed by atoms with E-state index in [0.717, 1.165) is 43.1 Å². The van der Waals surface area contributed by atoms with Crippen molar-refractivity contribution >= 4 is 0 Å². The molecule has 0 saturated carbocycles. The molecule has 0 aliphatic carbocycles. The molecular weight excluding hydrogens is 528 g/mol. The lowest BCUT2D eigenvalue weighted by Crippen LogP contribution is -2.01. The number of unbranched alkanes of at least 4 members (excludes halogenated alkanes) is 27. The SMILES string of the molecule is CCCCCCCCCCCCCCCCCCOc1cc(CO)cc(OCCCCCCCCCCCCCCC)c1. The van der Waals surface area contributed by atoms with Crippen molar-refractivity contribution in [1.82, 2.24) is 0 Å². The Morgan fingerprint density at radius 3 is 0.884 bits per heavy atom. The molecular formula is C40H74O3. The topological polar surface area (TPSA) is 38.7 Å². The summed E-state index contributed by atoms with van der Waals surface area (Å²) >= 11 is 0. The molecule has 0 unspecified atom stereocenters. The van der Waals surface area contributed by atoms with E-state index in [1.54, 1.807) is 0 Å². The quantitative estimate of drug-likeness (QED) is 0.0797. The first-order valence-electron chi connectivity index (χ1n) is 19.3. The molecule has 0 amide bonds. The van der Waals surface area contributed by atoms with Crippen LogP contribution in [0.3, 0.4) is 0 Å². The Hall–Kier alpha value is -1.22. The van der Waals surface area contributed by atoms with Gasteiger partial charge >= 0.3 is 0 Å². The summed E-state index contributed by atoms with van der Waals surface area (Å²) in [7, 11) is 0. The first kappa shape index (κ1) is 39.8. The number of rotatable bonds is 34. The average molecular weight is 603 g/mol. The van der Waals surface area contributed by atoms with Crippen LogP contribution < -0.4 is 9.47 Å². The number of aliphatic hydroxyl groups excluding tert-OH is 1. The molecule has 1 aromatic rings. The summed E-state index contributed by atoms with van der Waals surface area (Å²) in [4.78, 5) is 0. The molecule has 1 aromatic carbocycles. The summed E-state index contributed by atoms with van der Waals surface area (Å²) in [6, 6.07) is 5.89. The van der Waals surface area contributed by atoms with Gasteiger partial charge < -0.3 is 14.6 Å². The highest BCUT2D eigenvalue weighted by atomic mass is 16.5. The van der Waals surface area contributed by atoms with E-state index in [2.05, 4.69) is 13.8 Å². The fraction of sp³-hybridized carbons (Fsp3) is 0.850. The van der Waals surface area contributed by atoms with Crippen LogP contribution in [0.1, 0.15) is 206 Å². The minimum absolute atomic E-state index is 0.0192. The van der Waals surface area contributed by atoms with Gasteiger partial charge in [0.2, 0.25) is 0 Å². The minimum Gasteiger partial charge on any atom is -0.493 e. The van der Waals surface area contributed by atoms with Crippen LogP contribution in [0.4, 0.5) is 0 Å². The Kier molecular flexibility index (Phi) is 29.8. The molecule has 0 aromatic heterocycles. The van der Waals surface area contributed by atoms with Gasteiger partial charge in [0.1, 0.15) is 11.5 Å². The van der Waals surface area contributed by atoms with Gasteiger partial charge in [-0.15, -0.1) is 0 Å². The summed E-state index contributed by atoms with van der Waals surface area (Å²) in [5.41, 5.74) is 0.866. The second-order valence-corrected chi connectivity index (χ2v) is 13.2. The predicted octanol–water partition coefficient (Wildman–Crippen LogP) is 13.3. The molecule has 0 radical (unpaired) electrons. The van der Waals surface area contributed by atoms with E-state index in [-0.39, 0.29) is 6.61 Å². The Morgan fingerprint density at radius 2 is 0.628 bits per heavy atom. The highest BCUT2D eigenvalue weighted by Crippen LogP contribution is 2.24. The Balaban J connectivity index is 1.97. The van der Waals surface area contributed by atoms with Crippen LogP contribution in [-0.2, 0) is 6.61 Å². The molecule has 0 fully saturated rings. The summed E-state index contributed by atoms with van der Waals surface area (Å²) in [6.45, 7) is 6.08.